The third-order valence-electron chi connectivity index (χ3n) is 3.42. The van der Waals surface area contributed by atoms with Crippen LogP contribution in [0.15, 0.2) is 17.3 Å². The molecule has 1 aliphatic rings. The lowest BCUT2D eigenvalue weighted by Gasteiger charge is -2.29. The predicted octanol–water partition coefficient (Wildman–Crippen LogP) is -0.270. The molecule has 0 radical (unpaired) electrons. The van der Waals surface area contributed by atoms with Crippen LogP contribution >= 0.6 is 0 Å². The number of piperidine rings is 1. The van der Waals surface area contributed by atoms with Crippen molar-refractivity contribution in [1.29, 1.82) is 0 Å². The van der Waals surface area contributed by atoms with Gasteiger partial charge in [0, 0.05) is 18.8 Å². The van der Waals surface area contributed by atoms with Gasteiger partial charge in [0.1, 0.15) is 4.90 Å². The van der Waals surface area contributed by atoms with E-state index in [9.17, 15) is 13.2 Å². The first-order valence-corrected chi connectivity index (χ1v) is 8.30. The molecule has 21 heavy (non-hydrogen) atoms. The molecule has 8 nitrogen and oxygen atoms in total. The van der Waals surface area contributed by atoms with Crippen molar-refractivity contribution in [2.45, 2.75) is 36.7 Å². The molecule has 2 rings (SSSR count). The summed E-state index contributed by atoms with van der Waals surface area (Å²) in [5.41, 5.74) is 0. The Kier molecular flexibility index (Phi) is 4.96. The van der Waals surface area contributed by atoms with Crippen molar-refractivity contribution < 1.29 is 18.3 Å². The van der Waals surface area contributed by atoms with Crippen molar-refractivity contribution in [1.82, 2.24) is 19.4 Å². The number of aryl methyl sites for hydroxylation is 1. The van der Waals surface area contributed by atoms with E-state index in [2.05, 4.69) is 14.7 Å². The number of hydrogen-bond acceptors (Lipinski definition) is 5. The minimum atomic E-state index is -3.61. The molecule has 1 fully saturated rings. The highest BCUT2D eigenvalue weighted by molar-refractivity contribution is 7.89. The van der Waals surface area contributed by atoms with Gasteiger partial charge < -0.3 is 10.0 Å². The van der Waals surface area contributed by atoms with Crippen molar-refractivity contribution in [2.24, 2.45) is 0 Å². The smallest absolute Gasteiger partial charge is 0.305 e. The van der Waals surface area contributed by atoms with Crippen LogP contribution < -0.4 is 4.72 Å². The molecule has 1 aromatic heterocycles. The first-order valence-electron chi connectivity index (χ1n) is 6.82. The molecular formula is C12H20N4O4S. The van der Waals surface area contributed by atoms with Gasteiger partial charge in [-0.25, -0.2) is 13.1 Å². The standard InChI is InChI=1S/C12H20N4O4S/c1-15-5-2-3-10(8-15)14-21(19,20)11-7-13-16(9-11)6-4-12(17)18/h7,9-10,14H,2-6,8H2,1H3,(H,17,18). The second-order valence-corrected chi connectivity index (χ2v) is 7.02. The highest BCUT2D eigenvalue weighted by Gasteiger charge is 2.24. The maximum absolute atomic E-state index is 12.3. The van der Waals surface area contributed by atoms with Crippen LogP contribution in [-0.4, -0.2) is 60.4 Å². The van der Waals surface area contributed by atoms with Crippen LogP contribution in [0.5, 0.6) is 0 Å². The number of nitrogens with one attached hydrogen (secondary N) is 1. The van der Waals surface area contributed by atoms with Gasteiger partial charge in [0.15, 0.2) is 0 Å². The third kappa shape index (κ3) is 4.51. The predicted molar refractivity (Wildman–Crippen MR) is 75.3 cm³/mol. The Hall–Kier alpha value is -1.45. The van der Waals surface area contributed by atoms with Gasteiger partial charge in [-0.1, -0.05) is 0 Å². The summed E-state index contributed by atoms with van der Waals surface area (Å²) in [6.45, 7) is 1.81. The zero-order valence-electron chi connectivity index (χ0n) is 11.9. The Bertz CT molecular complexity index is 598. The highest BCUT2D eigenvalue weighted by atomic mass is 32.2. The molecule has 1 aromatic rings. The molecule has 0 aromatic carbocycles. The molecule has 0 bridgehead atoms. The Morgan fingerprint density at radius 1 is 1.57 bits per heavy atom. The summed E-state index contributed by atoms with van der Waals surface area (Å²) >= 11 is 0. The van der Waals surface area contributed by atoms with Crippen LogP contribution in [0.4, 0.5) is 0 Å². The molecule has 1 saturated heterocycles. The molecule has 2 heterocycles. The van der Waals surface area contributed by atoms with Gasteiger partial charge >= 0.3 is 5.97 Å². The first kappa shape index (κ1) is 15.9. The van der Waals surface area contributed by atoms with E-state index >= 15 is 0 Å². The van der Waals surface area contributed by atoms with Crippen LogP contribution in [0, 0.1) is 0 Å². The number of likely N-dealkylation sites (tertiary alicyclic amines) is 1. The summed E-state index contributed by atoms with van der Waals surface area (Å²) in [5, 5.41) is 12.5. The largest absolute Gasteiger partial charge is 0.481 e. The first-order chi connectivity index (χ1) is 9.87. The summed E-state index contributed by atoms with van der Waals surface area (Å²) in [4.78, 5) is 12.7. The molecule has 0 saturated carbocycles. The van der Waals surface area contributed by atoms with Gasteiger partial charge in [0.05, 0.1) is 19.2 Å². The van der Waals surface area contributed by atoms with Crippen LogP contribution in [-0.2, 0) is 21.4 Å². The van der Waals surface area contributed by atoms with Crippen molar-refractivity contribution in [3.05, 3.63) is 12.4 Å². The number of hydrogen-bond donors (Lipinski definition) is 2. The van der Waals surface area contributed by atoms with E-state index in [1.165, 1.54) is 17.1 Å². The molecule has 0 aliphatic carbocycles. The minimum absolute atomic E-state index is 0.0705. The molecule has 2 N–H and O–H groups in total. The van der Waals surface area contributed by atoms with E-state index in [1.807, 2.05) is 7.05 Å². The number of aliphatic carboxylic acids is 1. The number of sulfonamides is 1. The van der Waals surface area contributed by atoms with Gasteiger partial charge in [-0.05, 0) is 26.4 Å². The lowest BCUT2D eigenvalue weighted by atomic mass is 10.1. The number of carboxylic acid groups (broad SMARTS) is 1. The zero-order chi connectivity index (χ0) is 15.5. The Morgan fingerprint density at radius 3 is 3.00 bits per heavy atom. The summed E-state index contributed by atoms with van der Waals surface area (Å²) in [6.07, 6.45) is 4.29. The minimum Gasteiger partial charge on any atom is -0.481 e. The summed E-state index contributed by atoms with van der Waals surface area (Å²) in [5.74, 6) is -0.946. The van der Waals surface area contributed by atoms with E-state index in [0.29, 0.717) is 6.54 Å². The van der Waals surface area contributed by atoms with Gasteiger partial charge in [-0.3, -0.25) is 9.48 Å². The lowest BCUT2D eigenvalue weighted by Crippen LogP contribution is -2.46. The van der Waals surface area contributed by atoms with Crippen molar-refractivity contribution in [3.63, 3.8) is 0 Å². The Labute approximate surface area is 123 Å². The maximum atomic E-state index is 12.3. The monoisotopic (exact) mass is 316 g/mol. The average molecular weight is 316 g/mol. The molecule has 1 unspecified atom stereocenters. The zero-order valence-corrected chi connectivity index (χ0v) is 12.7. The van der Waals surface area contributed by atoms with Crippen LogP contribution in [0.1, 0.15) is 19.3 Å². The third-order valence-corrected chi connectivity index (χ3v) is 4.90. The molecule has 0 spiro atoms. The van der Waals surface area contributed by atoms with Crippen LogP contribution in [0.3, 0.4) is 0 Å². The van der Waals surface area contributed by atoms with E-state index in [1.54, 1.807) is 0 Å². The van der Waals surface area contributed by atoms with Gasteiger partial charge in [0.2, 0.25) is 10.0 Å². The van der Waals surface area contributed by atoms with Crippen molar-refractivity contribution in [3.8, 4) is 0 Å². The fraction of sp³-hybridized carbons (Fsp3) is 0.667. The number of carbonyl (C=O) groups is 1. The molecule has 9 heteroatoms. The molecule has 0 amide bonds. The molecular weight excluding hydrogens is 296 g/mol. The fourth-order valence-corrected chi connectivity index (χ4v) is 3.58. The average Bonchev–Trinajstić information content (AvgIpc) is 2.85. The second-order valence-electron chi connectivity index (χ2n) is 5.31. The van der Waals surface area contributed by atoms with Crippen LogP contribution in [0.25, 0.3) is 0 Å². The SMILES string of the molecule is CN1CCCC(NS(=O)(=O)c2cnn(CCC(=O)O)c2)C1. The van der Waals surface area contributed by atoms with E-state index in [0.717, 1.165) is 19.4 Å². The Balaban J connectivity index is 2.00. The van der Waals surface area contributed by atoms with E-state index in [-0.39, 0.29) is 23.9 Å². The quantitative estimate of drug-likeness (QED) is 0.748. The summed E-state index contributed by atoms with van der Waals surface area (Å²) in [7, 11) is -1.65. The highest BCUT2D eigenvalue weighted by Crippen LogP contribution is 2.13. The van der Waals surface area contributed by atoms with Gasteiger partial charge in [-0.2, -0.15) is 5.10 Å². The van der Waals surface area contributed by atoms with E-state index < -0.39 is 16.0 Å². The number of aromatic nitrogens is 2. The fourth-order valence-electron chi connectivity index (χ4n) is 2.37. The van der Waals surface area contributed by atoms with Crippen molar-refractivity contribution in [2.75, 3.05) is 20.1 Å². The topological polar surface area (TPSA) is 105 Å². The lowest BCUT2D eigenvalue weighted by molar-refractivity contribution is -0.137. The summed E-state index contributed by atoms with van der Waals surface area (Å²) < 4.78 is 28.5. The number of likely N-dealkylation sites (N-methyl/N-ethyl adjacent to an activating group) is 1. The Morgan fingerprint density at radius 2 is 2.33 bits per heavy atom. The number of rotatable bonds is 6. The normalized spacial score (nSPS) is 20.5. The van der Waals surface area contributed by atoms with Gasteiger partial charge in [0.25, 0.3) is 0 Å². The second kappa shape index (κ2) is 6.54. The van der Waals surface area contributed by atoms with Crippen LogP contribution in [0.2, 0.25) is 0 Å². The molecule has 1 atom stereocenters. The van der Waals surface area contributed by atoms with Gasteiger partial charge in [-0.15, -0.1) is 0 Å². The van der Waals surface area contributed by atoms with Crippen molar-refractivity contribution >= 4 is 16.0 Å². The molecule has 1 aliphatic heterocycles. The number of carboxylic acids is 1. The summed E-state index contributed by atoms with van der Waals surface area (Å²) in [6, 6.07) is -0.101. The maximum Gasteiger partial charge on any atom is 0.305 e. The molecule has 118 valence electrons. The van der Waals surface area contributed by atoms with E-state index in [4.69, 9.17) is 5.11 Å². The number of nitrogens with zero attached hydrogens (tertiary/aromatic N) is 3.